The number of nitrogens with zero attached hydrogens (tertiary/aromatic N) is 4. The van der Waals surface area contributed by atoms with E-state index in [4.69, 9.17) is 4.74 Å². The standard InChI is InChI=1S/C35H39F3N6O3/c1-43-16-15-33(20-43)11-9-23(10-12-33)40-30(45)22-7-8-26(28(18-22)47-3)41-32-39-19-25(35(36,37)38)27(42-32)17-21-5-4-6-24-29(21)31(46)44(2)34(24)13-14-34/h4-8,18-19,23H,9-17,20H2,1-3H3,(H,40,45)(H,39,41,42). The number of halogens is 3. The molecule has 248 valence electrons. The maximum Gasteiger partial charge on any atom is 0.419 e. The number of nitrogens with one attached hydrogen (secondary N) is 2. The third-order valence-corrected chi connectivity index (χ3v) is 10.8. The van der Waals surface area contributed by atoms with Crippen molar-refractivity contribution in [3.63, 3.8) is 0 Å². The van der Waals surface area contributed by atoms with Gasteiger partial charge < -0.3 is 25.2 Å². The Bertz CT molecular complexity index is 1730. The molecule has 0 bridgehead atoms. The van der Waals surface area contributed by atoms with Crippen LogP contribution in [0.5, 0.6) is 5.75 Å². The van der Waals surface area contributed by atoms with E-state index in [0.717, 1.165) is 63.4 Å². The lowest BCUT2D eigenvalue weighted by Crippen LogP contribution is -2.41. The molecule has 2 aromatic carbocycles. The molecule has 3 fully saturated rings. The molecule has 1 aromatic heterocycles. The molecule has 0 atom stereocenters. The van der Waals surface area contributed by atoms with Gasteiger partial charge in [0.15, 0.2) is 0 Å². The van der Waals surface area contributed by atoms with E-state index in [1.807, 2.05) is 6.07 Å². The van der Waals surface area contributed by atoms with E-state index in [2.05, 4.69) is 32.5 Å². The Labute approximate surface area is 271 Å². The van der Waals surface area contributed by atoms with E-state index in [1.54, 1.807) is 42.3 Å². The number of alkyl halides is 3. The monoisotopic (exact) mass is 648 g/mol. The van der Waals surface area contributed by atoms with Crippen molar-refractivity contribution in [2.24, 2.45) is 5.41 Å². The predicted molar refractivity (Wildman–Crippen MR) is 170 cm³/mol. The molecular formula is C35H39F3N6O3. The van der Waals surface area contributed by atoms with Gasteiger partial charge in [0.1, 0.15) is 5.75 Å². The Hall–Kier alpha value is -4.19. The van der Waals surface area contributed by atoms with Gasteiger partial charge in [-0.1, -0.05) is 18.2 Å². The molecule has 9 nitrogen and oxygen atoms in total. The molecule has 2 aliphatic heterocycles. The molecule has 2 amide bonds. The summed E-state index contributed by atoms with van der Waals surface area (Å²) in [5.41, 5.74) is 1.46. The smallest absolute Gasteiger partial charge is 0.419 e. The Morgan fingerprint density at radius 3 is 2.51 bits per heavy atom. The second kappa shape index (κ2) is 11.5. The van der Waals surface area contributed by atoms with Crippen molar-refractivity contribution in [1.82, 2.24) is 25.1 Å². The number of aromatic nitrogens is 2. The van der Waals surface area contributed by atoms with Crippen LogP contribution in [-0.2, 0) is 18.1 Å². The van der Waals surface area contributed by atoms with E-state index >= 15 is 0 Å². The Morgan fingerprint density at radius 2 is 1.85 bits per heavy atom. The second-order valence-corrected chi connectivity index (χ2v) is 13.7. The number of ether oxygens (including phenoxy) is 1. The first-order valence-corrected chi connectivity index (χ1v) is 16.2. The van der Waals surface area contributed by atoms with Crippen LogP contribution in [0.4, 0.5) is 24.8 Å². The third-order valence-electron chi connectivity index (χ3n) is 10.8. The molecular weight excluding hydrogens is 609 g/mol. The molecule has 2 aliphatic carbocycles. The van der Waals surface area contributed by atoms with Gasteiger partial charge in [0.25, 0.3) is 11.8 Å². The molecule has 2 N–H and O–H groups in total. The summed E-state index contributed by atoms with van der Waals surface area (Å²) in [6.07, 6.45) is 2.86. The summed E-state index contributed by atoms with van der Waals surface area (Å²) < 4.78 is 47.9. The molecule has 0 radical (unpaired) electrons. The molecule has 47 heavy (non-hydrogen) atoms. The first-order valence-electron chi connectivity index (χ1n) is 16.2. The van der Waals surface area contributed by atoms with Crippen molar-refractivity contribution in [2.45, 2.75) is 69.1 Å². The maximum atomic E-state index is 14.1. The van der Waals surface area contributed by atoms with Crippen LogP contribution in [0, 0.1) is 5.41 Å². The van der Waals surface area contributed by atoms with Crippen LogP contribution >= 0.6 is 0 Å². The minimum Gasteiger partial charge on any atom is -0.495 e. The van der Waals surface area contributed by atoms with E-state index in [0.29, 0.717) is 33.5 Å². The van der Waals surface area contributed by atoms with Gasteiger partial charge in [-0.2, -0.15) is 13.2 Å². The molecule has 4 aliphatic rings. The van der Waals surface area contributed by atoms with Gasteiger partial charge >= 0.3 is 6.18 Å². The lowest BCUT2D eigenvalue weighted by Gasteiger charge is -2.37. The van der Waals surface area contributed by atoms with Crippen LogP contribution in [0.25, 0.3) is 0 Å². The molecule has 2 saturated carbocycles. The number of carbonyl (C=O) groups is 2. The van der Waals surface area contributed by atoms with Gasteiger partial charge in [-0.3, -0.25) is 9.59 Å². The van der Waals surface area contributed by atoms with Crippen LogP contribution in [0.2, 0.25) is 0 Å². The highest BCUT2D eigenvalue weighted by Gasteiger charge is 2.56. The van der Waals surface area contributed by atoms with Gasteiger partial charge in [0.2, 0.25) is 5.95 Å². The third kappa shape index (κ3) is 5.70. The Morgan fingerprint density at radius 1 is 1.09 bits per heavy atom. The van der Waals surface area contributed by atoms with Crippen molar-refractivity contribution < 1.29 is 27.5 Å². The molecule has 7 rings (SSSR count). The fraction of sp³-hybridized carbons (Fsp3) is 0.486. The molecule has 3 heterocycles. The van der Waals surface area contributed by atoms with Crippen LogP contribution in [0.3, 0.4) is 0 Å². The van der Waals surface area contributed by atoms with Gasteiger partial charge in [0, 0.05) is 43.4 Å². The fourth-order valence-electron chi connectivity index (χ4n) is 7.95. The largest absolute Gasteiger partial charge is 0.495 e. The van der Waals surface area contributed by atoms with E-state index in [-0.39, 0.29) is 41.5 Å². The van der Waals surface area contributed by atoms with E-state index < -0.39 is 11.7 Å². The number of benzene rings is 2. The summed E-state index contributed by atoms with van der Waals surface area (Å²) in [5, 5.41) is 6.14. The minimum absolute atomic E-state index is 0.0631. The number of anilines is 2. The molecule has 0 unspecified atom stereocenters. The van der Waals surface area contributed by atoms with Crippen LogP contribution in [0.15, 0.2) is 42.6 Å². The Balaban J connectivity index is 1.09. The zero-order chi connectivity index (χ0) is 33.1. The molecule has 2 spiro atoms. The molecule has 1 saturated heterocycles. The summed E-state index contributed by atoms with van der Waals surface area (Å²) >= 11 is 0. The zero-order valence-electron chi connectivity index (χ0n) is 26.8. The topological polar surface area (TPSA) is 99.7 Å². The summed E-state index contributed by atoms with van der Waals surface area (Å²) in [5.74, 6) is -0.122. The second-order valence-electron chi connectivity index (χ2n) is 13.7. The lowest BCUT2D eigenvalue weighted by atomic mass is 9.72. The number of amides is 2. The van der Waals surface area contributed by atoms with Crippen LogP contribution in [0.1, 0.15) is 88.0 Å². The minimum atomic E-state index is -4.69. The summed E-state index contributed by atoms with van der Waals surface area (Å²) in [7, 11) is 5.36. The van der Waals surface area contributed by atoms with E-state index in [9.17, 15) is 22.8 Å². The number of hydrogen-bond acceptors (Lipinski definition) is 7. The SMILES string of the molecule is COc1cc(C(=O)NC2CCC3(CC2)CCN(C)C3)ccc1Nc1ncc(C(F)(F)F)c(Cc2cccc3c2C(=O)N(C)C32CC2)n1. The van der Waals surface area contributed by atoms with Crippen LogP contribution < -0.4 is 15.4 Å². The number of likely N-dealkylation sites (tertiary alicyclic amines) is 1. The van der Waals surface area contributed by atoms with Crippen LogP contribution in [-0.4, -0.2) is 71.9 Å². The normalized spacial score (nSPS) is 23.3. The quantitative estimate of drug-likeness (QED) is 0.329. The van der Waals surface area contributed by atoms with Crippen molar-refractivity contribution in [3.8, 4) is 5.75 Å². The van der Waals surface area contributed by atoms with E-state index in [1.165, 1.54) is 13.5 Å². The maximum absolute atomic E-state index is 14.1. The number of methoxy groups -OCH3 is 1. The number of carbonyl (C=O) groups excluding carboxylic acids is 2. The lowest BCUT2D eigenvalue weighted by molar-refractivity contribution is -0.138. The van der Waals surface area contributed by atoms with Crippen molar-refractivity contribution in [1.29, 1.82) is 0 Å². The number of rotatable bonds is 7. The highest BCUT2D eigenvalue weighted by Crippen LogP contribution is 2.56. The fourth-order valence-corrected chi connectivity index (χ4v) is 7.95. The Kier molecular flexibility index (Phi) is 7.69. The van der Waals surface area contributed by atoms with Gasteiger partial charge in [-0.05, 0) is 93.3 Å². The van der Waals surface area contributed by atoms with Gasteiger partial charge in [-0.15, -0.1) is 0 Å². The average molecular weight is 649 g/mol. The average Bonchev–Trinajstić information content (AvgIpc) is 3.73. The van der Waals surface area contributed by atoms with Crippen molar-refractivity contribution in [3.05, 3.63) is 76.1 Å². The van der Waals surface area contributed by atoms with Crippen molar-refractivity contribution >= 4 is 23.5 Å². The highest BCUT2D eigenvalue weighted by molar-refractivity contribution is 6.02. The summed E-state index contributed by atoms with van der Waals surface area (Å²) in [6, 6.07) is 10.3. The first-order chi connectivity index (χ1) is 22.4. The number of hydrogen-bond donors (Lipinski definition) is 2. The summed E-state index contributed by atoms with van der Waals surface area (Å²) in [6.45, 7) is 2.25. The first kappa shape index (κ1) is 31.4. The summed E-state index contributed by atoms with van der Waals surface area (Å²) in [4.78, 5) is 38.7. The highest BCUT2D eigenvalue weighted by atomic mass is 19.4. The zero-order valence-corrected chi connectivity index (χ0v) is 26.8. The molecule has 3 aromatic rings. The van der Waals surface area contributed by atoms with Gasteiger partial charge in [-0.25, -0.2) is 9.97 Å². The van der Waals surface area contributed by atoms with Crippen molar-refractivity contribution in [2.75, 3.05) is 39.6 Å². The predicted octanol–water partition coefficient (Wildman–Crippen LogP) is 5.91. The number of fused-ring (bicyclic) bond motifs is 2. The molecule has 12 heteroatoms. The van der Waals surface area contributed by atoms with Gasteiger partial charge in [0.05, 0.1) is 29.6 Å².